The zero-order valence-corrected chi connectivity index (χ0v) is 78.1. The van der Waals surface area contributed by atoms with Crippen molar-refractivity contribution in [2.24, 2.45) is 0 Å². The third-order valence-electron chi connectivity index (χ3n) is 21.4. The van der Waals surface area contributed by atoms with Crippen LogP contribution >= 0.6 is 15.9 Å². The molecule has 3 unspecified atom stereocenters. The Bertz CT molecular complexity index is 5430. The van der Waals surface area contributed by atoms with E-state index in [4.69, 9.17) is 62.9 Å². The Morgan fingerprint density at radius 2 is 0.831 bits per heavy atom. The number of carbonyl (C=O) groups excluding carboxylic acids is 2. The highest BCUT2D eigenvalue weighted by atomic mass is 79.9. The SMILES string of the molecule is CC(C)(O)C(C)(C)O.COc1cccc(NC2CCn3nnc(C)c3-c3ccc(Br)cc32)c1.COc1cccc(NC2CCn3nnc(C)c3-c3ccc(C4=CCN(C(=O)OC(C)(C)C)CC4)cc32)c1.COc1cccc(NC2CCn3nnc(C)c3-c3ccc(C4=CCNCC4)cc32)c1.O=C(O)C(F)(F)F.O=C(O)C(F)(F)F.[2H]CC.[B]C1=CCN(C(=O)OC(C)(C)C)CC1. The van der Waals surface area contributed by atoms with Crippen molar-refractivity contribution in [3.63, 3.8) is 0 Å². The lowest BCUT2D eigenvalue weighted by Gasteiger charge is -2.31. The lowest BCUT2D eigenvalue weighted by atomic mass is 9.90. The number of aliphatic carboxylic acids is 2. The smallest absolute Gasteiger partial charge is 0.490 e. The van der Waals surface area contributed by atoms with Crippen molar-refractivity contribution in [3.05, 3.63) is 200 Å². The largest absolute Gasteiger partial charge is 0.497 e. The van der Waals surface area contributed by atoms with Crippen LogP contribution in [0.5, 0.6) is 17.2 Å². The van der Waals surface area contributed by atoms with Gasteiger partial charge in [-0.3, -0.25) is 0 Å². The third-order valence-corrected chi connectivity index (χ3v) is 21.9. The normalized spacial score (nSPS) is 16.3. The Hall–Kier alpha value is -11.8. The van der Waals surface area contributed by atoms with Crippen molar-refractivity contribution >= 4 is 76.1 Å². The van der Waals surface area contributed by atoms with Gasteiger partial charge in [0.05, 0.1) is 84.8 Å². The number of carboxylic acids is 2. The summed E-state index contributed by atoms with van der Waals surface area (Å²) in [6.07, 6.45) is 0.930. The molecule has 0 saturated heterocycles. The number of carbonyl (C=O) groups is 4. The summed E-state index contributed by atoms with van der Waals surface area (Å²) in [5, 5.41) is 73.1. The molecule has 3 aromatic heterocycles. The summed E-state index contributed by atoms with van der Waals surface area (Å²) in [6.45, 7) is 32.7. The van der Waals surface area contributed by atoms with E-state index in [2.05, 4.69) is 159 Å². The van der Waals surface area contributed by atoms with Gasteiger partial charge in [0.25, 0.3) is 0 Å². The van der Waals surface area contributed by atoms with Crippen LogP contribution in [0.15, 0.2) is 156 Å². The van der Waals surface area contributed by atoms with Gasteiger partial charge in [-0.05, 0) is 235 Å². The zero-order valence-electron chi connectivity index (χ0n) is 77.5. The topological polar surface area (TPSA) is 342 Å². The van der Waals surface area contributed by atoms with Crippen LogP contribution in [0.3, 0.4) is 0 Å². The average molecular weight is 1870 g/mol. The molecule has 3 atom stereocenters. The van der Waals surface area contributed by atoms with Gasteiger partial charge in [-0.1, -0.05) is 112 Å². The molecule has 6 aliphatic rings. The fourth-order valence-corrected chi connectivity index (χ4v) is 14.5. The second-order valence-corrected chi connectivity index (χ2v) is 34.9. The molecular formula is C94H119BBrF6N15O13. The van der Waals surface area contributed by atoms with Gasteiger partial charge < -0.3 is 75.2 Å². The molecule has 0 spiro atoms. The Morgan fingerprint density at radius 3 is 1.13 bits per heavy atom. The molecule has 0 fully saturated rings. The Kier molecular flexibility index (Phi) is 35.8. The molecule has 700 valence electrons. The van der Waals surface area contributed by atoms with E-state index >= 15 is 0 Å². The number of fused-ring (bicyclic) bond motifs is 9. The summed E-state index contributed by atoms with van der Waals surface area (Å²) in [5.41, 5.74) is 19.7. The molecule has 2 radical (unpaired) electrons. The first-order valence-electron chi connectivity index (χ1n) is 43.1. The van der Waals surface area contributed by atoms with Crippen LogP contribution in [0.25, 0.3) is 44.9 Å². The van der Waals surface area contributed by atoms with Gasteiger partial charge in [0.2, 0.25) is 0 Å². The number of rotatable bonds is 12. The van der Waals surface area contributed by atoms with E-state index in [9.17, 15) is 35.9 Å². The standard InChI is InChI=1S/C29H35N5O3.C24H27N5O.C19H19BrN4O.C10H16BNO2.C6H14O2.2C2HF3O2.C2H6/c1-19-27-24-10-9-21(20-11-14-33(15-12-20)28(35)37-29(2,3)4)17-25(24)26(13-16-34(27)32-31-19)30-22-7-6-8-23(18-22)36-5;1-16-24-21-7-6-18(17-8-11-25-12-9-17)14-22(21)23(10-13-29(24)28-27-16)26-19-4-3-5-20(15-19)30-2;1-12-19-16-7-6-13(20)10-17(16)18(8-9-24(19)23-22-12)21-14-4-3-5-15(11-14)25-2;1-10(2,3)14-9(13)12-6-4-8(11)5-7-12;1-5(2,7)6(3,4)8;2*3-2(4,5)1(6)7;1-2/h6-11,17-18,26,30H,12-16H2,1-5H3;3-8,14-15,23,25-26H,9-13H2,1-2H3;3-7,10-11,18,21H,8-9H2,1-2H3;4H,5-7H2,1-3H3;7-8H,1-4H3;2*(H,6,7);1-2H3/i;;;;;;;1D. The number of amides is 2. The predicted octanol–water partition coefficient (Wildman–Crippen LogP) is 19.1. The molecule has 6 aromatic carbocycles. The summed E-state index contributed by atoms with van der Waals surface area (Å²) in [7, 11) is 10.7. The number of aryl methyl sites for hydroxylation is 6. The van der Waals surface area contributed by atoms with Crippen LogP contribution in [-0.2, 0) is 38.7 Å². The Labute approximate surface area is 766 Å². The minimum Gasteiger partial charge on any atom is -0.497 e. The highest BCUT2D eigenvalue weighted by Crippen LogP contribution is 2.44. The molecular weight excluding hydrogens is 1750 g/mol. The van der Waals surface area contributed by atoms with Gasteiger partial charge >= 0.3 is 36.5 Å². The molecule has 0 saturated carbocycles. The molecule has 9 heterocycles. The van der Waals surface area contributed by atoms with Crippen molar-refractivity contribution in [2.75, 3.05) is 76.5 Å². The number of carboxylic acid groups (broad SMARTS) is 2. The predicted molar refractivity (Wildman–Crippen MR) is 494 cm³/mol. The fourth-order valence-electron chi connectivity index (χ4n) is 14.1. The number of hydrogen-bond acceptors (Lipinski definition) is 21. The van der Waals surface area contributed by atoms with E-state index in [0.717, 1.165) is 155 Å². The van der Waals surface area contributed by atoms with Crippen molar-refractivity contribution in [1.29, 1.82) is 0 Å². The summed E-state index contributed by atoms with van der Waals surface area (Å²) >= 11 is 3.62. The van der Waals surface area contributed by atoms with E-state index in [1.54, 1.807) is 65.7 Å². The summed E-state index contributed by atoms with van der Waals surface area (Å²) in [6, 6.07) is 44.6. The molecule has 0 bridgehead atoms. The number of methoxy groups -OCH3 is 3. The number of anilines is 3. The van der Waals surface area contributed by atoms with Crippen LogP contribution < -0.4 is 35.5 Å². The van der Waals surface area contributed by atoms with Crippen molar-refractivity contribution in [1.82, 2.24) is 60.1 Å². The molecule has 36 heteroatoms. The summed E-state index contributed by atoms with van der Waals surface area (Å²) in [4.78, 5) is 45.3. The van der Waals surface area contributed by atoms with Gasteiger partial charge in [-0.15, -0.1) is 20.8 Å². The number of nitrogens with zero attached hydrogens (tertiary/aromatic N) is 11. The van der Waals surface area contributed by atoms with Crippen LogP contribution in [-0.4, -0.2) is 203 Å². The van der Waals surface area contributed by atoms with Crippen molar-refractivity contribution < 1.29 is 91.0 Å². The molecule has 0 aliphatic carbocycles. The molecule has 6 aliphatic heterocycles. The van der Waals surface area contributed by atoms with Gasteiger partial charge in [0.1, 0.15) is 36.3 Å². The number of hydrogen-bond donors (Lipinski definition) is 8. The van der Waals surface area contributed by atoms with Gasteiger partial charge in [0.15, 0.2) is 0 Å². The molecule has 8 N–H and O–H groups in total. The number of halogens is 7. The molecule has 130 heavy (non-hydrogen) atoms. The molecule has 9 aromatic rings. The zero-order chi connectivity index (χ0) is 96.7. The number of aliphatic hydroxyl groups is 2. The molecule has 15 rings (SSSR count). The minimum atomic E-state index is -5.08. The van der Waals surface area contributed by atoms with E-state index in [1.165, 1.54) is 50.1 Å². The number of nitrogens with one attached hydrogen (secondary N) is 4. The highest BCUT2D eigenvalue weighted by molar-refractivity contribution is 9.10. The molecule has 28 nitrogen and oxygen atoms in total. The number of ether oxygens (including phenoxy) is 5. The first-order valence-corrected chi connectivity index (χ1v) is 43.2. The first-order chi connectivity index (χ1) is 61.5. The maximum absolute atomic E-state index is 12.5. The fraction of sp³-hybridized carbons (Fsp3) is 0.447. The highest BCUT2D eigenvalue weighted by Gasteiger charge is 2.40. The second-order valence-electron chi connectivity index (χ2n) is 34.0. The average Bonchev–Trinajstić information content (AvgIpc) is 1.65. The lowest BCUT2D eigenvalue weighted by Crippen LogP contribution is -2.44. The number of benzene rings is 6. The maximum Gasteiger partial charge on any atom is 0.490 e. The quantitative estimate of drug-likeness (QED) is 0.0416. The Balaban J connectivity index is 0.000000203. The number of alkyl halides is 6. The van der Waals surface area contributed by atoms with Crippen LogP contribution in [0.1, 0.15) is 186 Å². The Morgan fingerprint density at radius 1 is 0.492 bits per heavy atom. The van der Waals surface area contributed by atoms with Gasteiger partial charge in [0, 0.05) is 110 Å². The summed E-state index contributed by atoms with van der Waals surface area (Å²) in [5.74, 6) is -2.99. The maximum atomic E-state index is 12.5. The molecule has 2 amide bonds. The lowest BCUT2D eigenvalue weighted by molar-refractivity contribution is -0.193. The van der Waals surface area contributed by atoms with Gasteiger partial charge in [-0.25, -0.2) is 33.2 Å². The minimum absolute atomic E-state index is 0.0885. The van der Waals surface area contributed by atoms with Crippen LogP contribution in [0.2, 0.25) is 0 Å². The van der Waals surface area contributed by atoms with Crippen molar-refractivity contribution in [3.8, 4) is 51.0 Å². The van der Waals surface area contributed by atoms with Crippen LogP contribution in [0.4, 0.5) is 53.0 Å². The van der Waals surface area contributed by atoms with E-state index in [-0.39, 0.29) is 30.3 Å². The van der Waals surface area contributed by atoms with Crippen molar-refractivity contribution in [2.45, 2.75) is 215 Å². The van der Waals surface area contributed by atoms with Gasteiger partial charge in [-0.2, -0.15) is 26.3 Å². The third kappa shape index (κ3) is 29.6. The summed E-state index contributed by atoms with van der Waals surface area (Å²) < 4.78 is 104. The monoisotopic (exact) mass is 1870 g/mol. The van der Waals surface area contributed by atoms with Crippen LogP contribution in [0, 0.1) is 20.8 Å². The van der Waals surface area contributed by atoms with E-state index in [1.807, 2.05) is 131 Å². The number of aromatic nitrogens is 9. The van der Waals surface area contributed by atoms with E-state index < -0.39 is 46.7 Å². The first kappa shape index (κ1) is 102. The second kappa shape index (κ2) is 45.7. The van der Waals surface area contributed by atoms with E-state index in [0.29, 0.717) is 33.1 Å².